The molecule has 90 valence electrons. The van der Waals surface area contributed by atoms with Gasteiger partial charge in [-0.2, -0.15) is 16.0 Å². The number of aliphatic hydroxyl groups is 2. The standard InChI is InChI=1S/C8H13N3O4S/c1-6(13)16-3-2-10-7(5-12)4-8(9-10)11(14)15/h4,12-13,16H,2-3,5H2,1H3. The quantitative estimate of drug-likeness (QED) is 0.303. The minimum atomic E-state index is -0.600. The highest BCUT2D eigenvalue weighted by molar-refractivity contribution is 7.98. The molecule has 1 rings (SSSR count). The van der Waals surface area contributed by atoms with Crippen molar-refractivity contribution in [1.29, 1.82) is 0 Å². The van der Waals surface area contributed by atoms with Gasteiger partial charge in [-0.25, -0.2) is 0 Å². The summed E-state index contributed by atoms with van der Waals surface area (Å²) in [6, 6.07) is 1.24. The van der Waals surface area contributed by atoms with Crippen LogP contribution in [0, 0.1) is 10.1 Å². The van der Waals surface area contributed by atoms with Gasteiger partial charge >= 0.3 is 5.82 Å². The molecule has 0 radical (unpaired) electrons. The second-order valence-electron chi connectivity index (χ2n) is 3.06. The molecule has 0 atom stereocenters. The van der Waals surface area contributed by atoms with Crippen LogP contribution in [0.2, 0.25) is 0 Å². The molecule has 0 bridgehead atoms. The van der Waals surface area contributed by atoms with Crippen LogP contribution < -0.4 is 0 Å². The summed E-state index contributed by atoms with van der Waals surface area (Å²) in [6.07, 6.45) is 0. The Balaban J connectivity index is 2.78. The van der Waals surface area contributed by atoms with Crippen molar-refractivity contribution in [3.05, 3.63) is 21.9 Å². The lowest BCUT2D eigenvalue weighted by molar-refractivity contribution is -0.389. The molecule has 1 heterocycles. The Morgan fingerprint density at radius 2 is 2.44 bits per heavy atom. The first-order valence-corrected chi connectivity index (χ1v) is 5.64. The summed E-state index contributed by atoms with van der Waals surface area (Å²) >= 11 is 0.749. The number of rotatable bonds is 5. The van der Waals surface area contributed by atoms with E-state index in [0.29, 0.717) is 18.0 Å². The fraction of sp³-hybridized carbons (Fsp3) is 0.500. The molecule has 0 amide bonds. The molecule has 0 aliphatic carbocycles. The second kappa shape index (κ2) is 5.73. The summed E-state index contributed by atoms with van der Waals surface area (Å²) in [7, 11) is 0. The molecule has 0 saturated carbocycles. The summed E-state index contributed by atoms with van der Waals surface area (Å²) in [5.41, 5.74) is 0.400. The van der Waals surface area contributed by atoms with Gasteiger partial charge in [0.1, 0.15) is 0 Å². The fourth-order valence-corrected chi connectivity index (χ4v) is 1.77. The molecular formula is C8H13N3O4S. The average Bonchev–Trinajstić information content (AvgIpc) is 2.60. The number of aromatic nitrogens is 2. The molecule has 2 N–H and O–H groups in total. The summed E-state index contributed by atoms with van der Waals surface area (Å²) in [6.45, 7) is 1.71. The predicted molar refractivity (Wildman–Crippen MR) is 62.0 cm³/mol. The number of hydrogen-bond donors (Lipinski definition) is 3. The van der Waals surface area contributed by atoms with E-state index in [9.17, 15) is 10.1 Å². The van der Waals surface area contributed by atoms with Crippen LogP contribution in [0.5, 0.6) is 0 Å². The van der Waals surface area contributed by atoms with E-state index in [1.807, 2.05) is 0 Å². The molecule has 0 aromatic carbocycles. The summed E-state index contributed by atoms with van der Waals surface area (Å²) in [5, 5.41) is 32.4. The van der Waals surface area contributed by atoms with E-state index in [-0.39, 0.29) is 17.5 Å². The number of aliphatic hydroxyl groups excluding tert-OH is 2. The highest BCUT2D eigenvalue weighted by atomic mass is 32.1. The third-order valence-corrected chi connectivity index (χ3v) is 2.73. The molecule has 0 saturated heterocycles. The van der Waals surface area contributed by atoms with Gasteiger partial charge in [0.25, 0.3) is 0 Å². The largest absolute Gasteiger partial charge is 0.390 e. The van der Waals surface area contributed by atoms with E-state index in [1.165, 1.54) is 10.7 Å². The fourth-order valence-electron chi connectivity index (χ4n) is 1.16. The monoisotopic (exact) mass is 247 g/mol. The van der Waals surface area contributed by atoms with Crippen molar-refractivity contribution in [3.63, 3.8) is 0 Å². The van der Waals surface area contributed by atoms with E-state index >= 15 is 0 Å². The van der Waals surface area contributed by atoms with Gasteiger partial charge in [0, 0.05) is 5.75 Å². The van der Waals surface area contributed by atoms with Gasteiger partial charge in [-0.05, 0) is 11.8 Å². The second-order valence-corrected chi connectivity index (χ2v) is 4.47. The Kier molecular flexibility index (Phi) is 4.59. The molecule has 0 aliphatic rings. The SMILES string of the molecule is CC(O)=[SH]CCn1nc([N+](=O)[O-])cc1CO. The lowest BCUT2D eigenvalue weighted by Crippen LogP contribution is -2.07. The van der Waals surface area contributed by atoms with Crippen molar-refractivity contribution < 1.29 is 15.1 Å². The van der Waals surface area contributed by atoms with Gasteiger partial charge < -0.3 is 20.3 Å². The number of aryl methyl sites for hydroxylation is 1. The van der Waals surface area contributed by atoms with Crippen LogP contribution in [0.3, 0.4) is 0 Å². The number of thiol groups is 1. The van der Waals surface area contributed by atoms with Gasteiger partial charge in [-0.3, -0.25) is 0 Å². The smallest absolute Gasteiger partial charge is 0.390 e. The van der Waals surface area contributed by atoms with Crippen LogP contribution in [0.4, 0.5) is 5.82 Å². The number of nitrogens with zero attached hydrogens (tertiary/aromatic N) is 3. The lowest BCUT2D eigenvalue weighted by atomic mass is 10.4. The van der Waals surface area contributed by atoms with Crippen LogP contribution >= 0.6 is 11.4 Å². The van der Waals surface area contributed by atoms with Crippen molar-refractivity contribution in [3.8, 4) is 0 Å². The molecule has 8 heteroatoms. The van der Waals surface area contributed by atoms with Crippen LogP contribution in [-0.2, 0) is 13.2 Å². The van der Waals surface area contributed by atoms with E-state index in [4.69, 9.17) is 10.2 Å². The minimum absolute atomic E-state index is 0.273. The van der Waals surface area contributed by atoms with Gasteiger partial charge in [-0.15, -0.1) is 0 Å². The molecule has 16 heavy (non-hydrogen) atoms. The van der Waals surface area contributed by atoms with Crippen molar-refractivity contribution in [1.82, 2.24) is 9.78 Å². The minimum Gasteiger partial charge on any atom is -0.390 e. The highest BCUT2D eigenvalue weighted by Crippen LogP contribution is 2.12. The Labute approximate surface area is 95.4 Å². The van der Waals surface area contributed by atoms with Gasteiger partial charge in [0.2, 0.25) is 0 Å². The van der Waals surface area contributed by atoms with E-state index < -0.39 is 4.92 Å². The zero-order chi connectivity index (χ0) is 12.1. The number of hydrogen-bond acceptors (Lipinski definition) is 4. The van der Waals surface area contributed by atoms with Crippen LogP contribution in [0.15, 0.2) is 6.07 Å². The Morgan fingerprint density at radius 1 is 1.75 bits per heavy atom. The lowest BCUT2D eigenvalue weighted by Gasteiger charge is -1.98. The third-order valence-electron chi connectivity index (χ3n) is 1.85. The van der Waals surface area contributed by atoms with Crippen molar-refractivity contribution in [2.45, 2.75) is 20.1 Å². The van der Waals surface area contributed by atoms with Gasteiger partial charge in [-0.1, -0.05) is 0 Å². The van der Waals surface area contributed by atoms with E-state index in [0.717, 1.165) is 11.4 Å². The zero-order valence-electron chi connectivity index (χ0n) is 8.70. The molecule has 1 aromatic heterocycles. The molecule has 1 aromatic rings. The molecule has 0 spiro atoms. The Hall–Kier alpha value is -1.25. The summed E-state index contributed by atoms with van der Waals surface area (Å²) in [4.78, 5) is 9.87. The molecule has 0 aliphatic heterocycles. The third kappa shape index (κ3) is 3.40. The summed E-state index contributed by atoms with van der Waals surface area (Å²) < 4.78 is 1.38. The highest BCUT2D eigenvalue weighted by Gasteiger charge is 2.16. The maximum atomic E-state index is 10.5. The molecule has 7 nitrogen and oxygen atoms in total. The van der Waals surface area contributed by atoms with Crippen molar-refractivity contribution in [2.75, 3.05) is 5.75 Å². The van der Waals surface area contributed by atoms with Crippen molar-refractivity contribution in [2.24, 2.45) is 0 Å². The average molecular weight is 247 g/mol. The topological polar surface area (TPSA) is 101 Å². The van der Waals surface area contributed by atoms with Crippen LogP contribution in [-0.4, -0.2) is 35.7 Å². The van der Waals surface area contributed by atoms with Gasteiger partial charge in [0.05, 0.1) is 35.1 Å². The molecule has 0 unspecified atom stereocenters. The van der Waals surface area contributed by atoms with E-state index in [1.54, 1.807) is 6.92 Å². The zero-order valence-corrected chi connectivity index (χ0v) is 9.59. The maximum absolute atomic E-state index is 10.5. The van der Waals surface area contributed by atoms with Crippen LogP contribution in [0.25, 0.3) is 0 Å². The van der Waals surface area contributed by atoms with Crippen molar-refractivity contribution >= 4 is 22.2 Å². The first-order valence-electron chi connectivity index (χ1n) is 4.56. The normalized spacial score (nSPS) is 12.3. The van der Waals surface area contributed by atoms with E-state index in [2.05, 4.69) is 5.10 Å². The Morgan fingerprint density at radius 3 is 2.94 bits per heavy atom. The first kappa shape index (κ1) is 12.8. The predicted octanol–water partition coefficient (Wildman–Crippen LogP) is 0.457. The first-order chi connectivity index (χ1) is 7.54. The van der Waals surface area contributed by atoms with Crippen LogP contribution in [0.1, 0.15) is 12.6 Å². The number of nitro groups is 1. The molecule has 0 fully saturated rings. The molecular weight excluding hydrogens is 234 g/mol. The maximum Gasteiger partial charge on any atom is 0.390 e. The van der Waals surface area contributed by atoms with Gasteiger partial charge in [0.15, 0.2) is 0 Å². The Bertz CT molecular complexity index is 411. The summed E-state index contributed by atoms with van der Waals surface area (Å²) in [5.74, 6) is 0.319.